The van der Waals surface area contributed by atoms with Crippen molar-refractivity contribution in [3.8, 4) is 0 Å². The van der Waals surface area contributed by atoms with Crippen molar-refractivity contribution < 1.29 is 19.4 Å². The molecule has 5 nitrogen and oxygen atoms in total. The molecule has 0 atom stereocenters. The number of carbonyl (C=O) groups is 1. The number of nitrogens with two attached hydrogens (primary N) is 1. The zero-order chi connectivity index (χ0) is 14.2. The van der Waals surface area contributed by atoms with Crippen molar-refractivity contribution in [2.45, 2.75) is 39.5 Å². The molecule has 0 radical (unpaired) electrons. The fraction of sp³-hybridized carbons (Fsp3) is 0.923. The number of unbranched alkanes of at least 4 members (excludes halogenated alkanes) is 1. The Hall–Kier alpha value is -0.650. The molecule has 0 aliphatic heterocycles. The minimum Gasteiger partial charge on any atom is -0.481 e. The van der Waals surface area contributed by atoms with Crippen molar-refractivity contribution in [2.75, 3.05) is 33.5 Å². The molecular formula is C13H29NO4. The summed E-state index contributed by atoms with van der Waals surface area (Å²) in [4.78, 5) is 10.0. The number of hydrogen-bond acceptors (Lipinski definition) is 4. The van der Waals surface area contributed by atoms with E-state index in [0.717, 1.165) is 19.3 Å². The van der Waals surface area contributed by atoms with E-state index in [2.05, 4.69) is 13.8 Å². The molecule has 0 aromatic heterocycles. The molecule has 18 heavy (non-hydrogen) atoms. The average molecular weight is 263 g/mol. The van der Waals surface area contributed by atoms with Crippen LogP contribution in [-0.2, 0) is 14.3 Å². The fourth-order valence-electron chi connectivity index (χ4n) is 1.16. The van der Waals surface area contributed by atoms with E-state index >= 15 is 0 Å². The largest absolute Gasteiger partial charge is 0.481 e. The van der Waals surface area contributed by atoms with Crippen LogP contribution in [0.4, 0.5) is 0 Å². The number of carboxylic acid groups (broad SMARTS) is 1. The monoisotopic (exact) mass is 263 g/mol. The Labute approximate surface area is 111 Å². The highest BCUT2D eigenvalue weighted by Crippen LogP contribution is 2.07. The Morgan fingerprint density at radius 3 is 2.33 bits per heavy atom. The van der Waals surface area contributed by atoms with E-state index in [0.29, 0.717) is 38.7 Å². The Balaban J connectivity index is 0. The molecular weight excluding hydrogens is 234 g/mol. The van der Waals surface area contributed by atoms with Crippen LogP contribution in [-0.4, -0.2) is 44.6 Å². The molecule has 0 aromatic rings. The van der Waals surface area contributed by atoms with Crippen molar-refractivity contribution in [1.29, 1.82) is 0 Å². The number of aliphatic carboxylic acids is 1. The van der Waals surface area contributed by atoms with Crippen molar-refractivity contribution in [3.05, 3.63) is 0 Å². The summed E-state index contributed by atoms with van der Waals surface area (Å²) in [5, 5.41) is 8.28. The van der Waals surface area contributed by atoms with Gasteiger partial charge < -0.3 is 20.3 Å². The average Bonchev–Trinajstić information content (AvgIpc) is 2.31. The number of hydrogen-bond donors (Lipinski definition) is 2. The molecule has 0 amide bonds. The van der Waals surface area contributed by atoms with Crippen molar-refractivity contribution in [3.63, 3.8) is 0 Å². The highest BCUT2D eigenvalue weighted by Gasteiger charge is 1.97. The zero-order valence-corrected chi connectivity index (χ0v) is 12.0. The van der Waals surface area contributed by atoms with Crippen molar-refractivity contribution >= 4 is 5.97 Å². The third-order valence-electron chi connectivity index (χ3n) is 2.12. The lowest BCUT2D eigenvalue weighted by atomic mass is 10.1. The second-order valence-corrected chi connectivity index (χ2v) is 4.43. The van der Waals surface area contributed by atoms with Gasteiger partial charge in [0.05, 0.1) is 19.8 Å². The molecule has 0 rings (SSSR count). The summed E-state index contributed by atoms with van der Waals surface area (Å²) in [6.45, 7) is 6.82. The summed E-state index contributed by atoms with van der Waals surface area (Å²) in [6.07, 6.45) is 3.34. The molecule has 0 aromatic carbocycles. The molecule has 0 spiro atoms. The second-order valence-electron chi connectivity index (χ2n) is 4.43. The SMILES string of the molecule is CC(C)CCCCC(=O)O.COCCOCCN. The molecule has 0 saturated carbocycles. The maximum absolute atomic E-state index is 10.0. The Bertz CT molecular complexity index is 168. The predicted molar refractivity (Wildman–Crippen MR) is 72.7 cm³/mol. The van der Waals surface area contributed by atoms with E-state index in [1.54, 1.807) is 7.11 Å². The smallest absolute Gasteiger partial charge is 0.303 e. The second kappa shape index (κ2) is 16.4. The molecule has 0 bridgehead atoms. The number of ether oxygens (including phenoxy) is 2. The van der Waals surface area contributed by atoms with Gasteiger partial charge in [0.2, 0.25) is 0 Å². The van der Waals surface area contributed by atoms with Crippen LogP contribution in [0.15, 0.2) is 0 Å². The predicted octanol–water partition coefficient (Wildman–Crippen LogP) is 1.90. The lowest BCUT2D eigenvalue weighted by Gasteiger charge is -2.01. The zero-order valence-electron chi connectivity index (χ0n) is 12.0. The highest BCUT2D eigenvalue weighted by atomic mass is 16.5. The quantitative estimate of drug-likeness (QED) is 0.588. The van der Waals surface area contributed by atoms with E-state index in [9.17, 15) is 4.79 Å². The molecule has 0 saturated heterocycles. The minimum absolute atomic E-state index is 0.326. The van der Waals surface area contributed by atoms with Gasteiger partial charge in [0.15, 0.2) is 0 Å². The van der Waals surface area contributed by atoms with Gasteiger partial charge in [-0.1, -0.05) is 26.7 Å². The molecule has 110 valence electrons. The standard InChI is InChI=1S/C8H16O2.C5H13NO2/c1-7(2)5-3-4-6-8(9)10;1-7-4-5-8-3-2-6/h7H,3-6H2,1-2H3,(H,9,10);2-6H2,1H3. The molecule has 0 aliphatic rings. The lowest BCUT2D eigenvalue weighted by Crippen LogP contribution is -2.11. The Kier molecular flexibility index (Phi) is 17.9. The van der Waals surface area contributed by atoms with Crippen LogP contribution >= 0.6 is 0 Å². The summed E-state index contributed by atoms with van der Waals surface area (Å²) < 4.78 is 9.70. The van der Waals surface area contributed by atoms with E-state index in [1.165, 1.54) is 0 Å². The van der Waals surface area contributed by atoms with Gasteiger partial charge in [-0.05, 0) is 12.3 Å². The summed E-state index contributed by atoms with van der Waals surface area (Å²) in [7, 11) is 1.64. The third-order valence-corrected chi connectivity index (χ3v) is 2.12. The van der Waals surface area contributed by atoms with Crippen LogP contribution in [0.3, 0.4) is 0 Å². The van der Waals surface area contributed by atoms with Crippen LogP contribution in [0.1, 0.15) is 39.5 Å². The molecule has 0 aliphatic carbocycles. The van der Waals surface area contributed by atoms with Crippen LogP contribution in [0.5, 0.6) is 0 Å². The third kappa shape index (κ3) is 24.5. The molecule has 0 unspecified atom stereocenters. The first kappa shape index (κ1) is 19.7. The topological polar surface area (TPSA) is 81.8 Å². The first-order chi connectivity index (χ1) is 8.54. The Morgan fingerprint density at radius 2 is 1.89 bits per heavy atom. The Morgan fingerprint density at radius 1 is 1.22 bits per heavy atom. The van der Waals surface area contributed by atoms with Crippen LogP contribution in [0, 0.1) is 5.92 Å². The van der Waals surface area contributed by atoms with Crippen LogP contribution in [0.25, 0.3) is 0 Å². The first-order valence-electron chi connectivity index (χ1n) is 6.53. The first-order valence-corrected chi connectivity index (χ1v) is 6.53. The minimum atomic E-state index is -0.677. The van der Waals surface area contributed by atoms with Gasteiger partial charge in [0.1, 0.15) is 0 Å². The van der Waals surface area contributed by atoms with E-state index in [4.69, 9.17) is 20.3 Å². The van der Waals surface area contributed by atoms with Crippen molar-refractivity contribution in [1.82, 2.24) is 0 Å². The van der Waals surface area contributed by atoms with E-state index < -0.39 is 5.97 Å². The van der Waals surface area contributed by atoms with Gasteiger partial charge in [-0.25, -0.2) is 0 Å². The summed E-state index contributed by atoms with van der Waals surface area (Å²) in [6, 6.07) is 0. The van der Waals surface area contributed by atoms with Gasteiger partial charge in [-0.15, -0.1) is 0 Å². The van der Waals surface area contributed by atoms with Gasteiger partial charge in [0, 0.05) is 20.1 Å². The summed E-state index contributed by atoms with van der Waals surface area (Å²) in [5.41, 5.74) is 5.14. The van der Waals surface area contributed by atoms with Gasteiger partial charge in [0.25, 0.3) is 0 Å². The van der Waals surface area contributed by atoms with Gasteiger partial charge in [-0.3, -0.25) is 4.79 Å². The molecule has 3 N–H and O–H groups in total. The number of carboxylic acids is 1. The van der Waals surface area contributed by atoms with E-state index in [1.807, 2.05) is 0 Å². The fourth-order valence-corrected chi connectivity index (χ4v) is 1.16. The van der Waals surface area contributed by atoms with Crippen LogP contribution < -0.4 is 5.73 Å². The van der Waals surface area contributed by atoms with Crippen LogP contribution in [0.2, 0.25) is 0 Å². The maximum Gasteiger partial charge on any atom is 0.303 e. The van der Waals surface area contributed by atoms with E-state index in [-0.39, 0.29) is 0 Å². The van der Waals surface area contributed by atoms with Gasteiger partial charge in [-0.2, -0.15) is 0 Å². The van der Waals surface area contributed by atoms with Crippen molar-refractivity contribution in [2.24, 2.45) is 11.7 Å². The molecule has 0 fully saturated rings. The van der Waals surface area contributed by atoms with Gasteiger partial charge >= 0.3 is 5.97 Å². The molecule has 0 heterocycles. The highest BCUT2D eigenvalue weighted by molar-refractivity contribution is 5.66. The maximum atomic E-state index is 10.0. The number of rotatable bonds is 10. The normalized spacial score (nSPS) is 10.1. The molecule has 5 heteroatoms. The lowest BCUT2D eigenvalue weighted by molar-refractivity contribution is -0.137. The number of methoxy groups -OCH3 is 1. The summed E-state index contributed by atoms with van der Waals surface area (Å²) >= 11 is 0. The summed E-state index contributed by atoms with van der Waals surface area (Å²) in [5.74, 6) is 0.0255.